The highest BCUT2D eigenvalue weighted by Crippen LogP contribution is 2.28. The maximum absolute atomic E-state index is 13.4. The molecule has 0 heterocycles. The minimum atomic E-state index is -0.310. The number of hydrogen-bond acceptors (Lipinski definition) is 3. The summed E-state index contributed by atoms with van der Waals surface area (Å²) in [5, 5.41) is 2.88. The quantitative estimate of drug-likeness (QED) is 0.771. The van der Waals surface area contributed by atoms with Gasteiger partial charge in [-0.1, -0.05) is 0 Å². The summed E-state index contributed by atoms with van der Waals surface area (Å²) in [6.07, 6.45) is 0. The van der Waals surface area contributed by atoms with Crippen LogP contribution in [0, 0.1) is 12.7 Å². The van der Waals surface area contributed by atoms with E-state index in [0.29, 0.717) is 24.5 Å². The molecule has 0 saturated carbocycles. The van der Waals surface area contributed by atoms with Crippen molar-refractivity contribution >= 4 is 5.69 Å². The van der Waals surface area contributed by atoms with Crippen molar-refractivity contribution in [3.8, 4) is 5.75 Å². The lowest BCUT2D eigenvalue weighted by Gasteiger charge is -2.12. The molecule has 0 saturated heterocycles. The van der Waals surface area contributed by atoms with Gasteiger partial charge in [-0.15, -0.1) is 0 Å². The lowest BCUT2D eigenvalue weighted by Crippen LogP contribution is -2.14. The highest BCUT2D eigenvalue weighted by molar-refractivity contribution is 5.58. The number of hydrogen-bond donors (Lipinski definition) is 2. The van der Waals surface area contributed by atoms with E-state index in [1.807, 2.05) is 6.92 Å². The Labute approximate surface area is 83.1 Å². The van der Waals surface area contributed by atoms with Crippen LogP contribution in [0.3, 0.4) is 0 Å². The normalized spacial score (nSPS) is 10.0. The van der Waals surface area contributed by atoms with Gasteiger partial charge >= 0.3 is 0 Å². The third-order valence-corrected chi connectivity index (χ3v) is 1.86. The number of aryl methyl sites for hydroxylation is 1. The topological polar surface area (TPSA) is 47.3 Å². The number of benzene rings is 1. The summed E-state index contributed by atoms with van der Waals surface area (Å²) >= 11 is 0. The van der Waals surface area contributed by atoms with Gasteiger partial charge in [-0.05, 0) is 24.6 Å². The molecule has 3 N–H and O–H groups in total. The summed E-state index contributed by atoms with van der Waals surface area (Å²) < 4.78 is 18.5. The predicted octanol–water partition coefficient (Wildman–Crippen LogP) is 1.51. The molecule has 1 aromatic carbocycles. The third kappa shape index (κ3) is 2.35. The summed E-state index contributed by atoms with van der Waals surface area (Å²) in [5.41, 5.74) is 6.53. The van der Waals surface area contributed by atoms with Gasteiger partial charge in [-0.3, -0.25) is 0 Å². The Hall–Kier alpha value is -1.29. The molecule has 0 bridgehead atoms. The average Bonchev–Trinajstić information content (AvgIpc) is 2.15. The molecule has 0 spiro atoms. The second kappa shape index (κ2) is 4.81. The fourth-order valence-electron chi connectivity index (χ4n) is 1.24. The molecule has 0 aliphatic heterocycles. The van der Waals surface area contributed by atoms with Crippen molar-refractivity contribution in [2.24, 2.45) is 5.73 Å². The van der Waals surface area contributed by atoms with Crippen LogP contribution >= 0.6 is 0 Å². The Morgan fingerprint density at radius 2 is 2.21 bits per heavy atom. The Bertz CT molecular complexity index is 315. The number of anilines is 1. The lowest BCUT2D eigenvalue weighted by atomic mass is 10.2. The van der Waals surface area contributed by atoms with Gasteiger partial charge in [-0.2, -0.15) is 0 Å². The summed E-state index contributed by atoms with van der Waals surface area (Å²) in [4.78, 5) is 0. The maximum Gasteiger partial charge on any atom is 0.150 e. The second-order valence-corrected chi connectivity index (χ2v) is 3.04. The van der Waals surface area contributed by atoms with Crippen molar-refractivity contribution in [2.75, 3.05) is 25.5 Å². The van der Waals surface area contributed by atoms with Gasteiger partial charge in [0, 0.05) is 13.1 Å². The van der Waals surface area contributed by atoms with Gasteiger partial charge in [0.15, 0.2) is 0 Å². The molecule has 0 amide bonds. The first kappa shape index (κ1) is 10.8. The molecule has 78 valence electrons. The molecule has 0 unspecified atom stereocenters. The van der Waals surface area contributed by atoms with E-state index < -0.39 is 0 Å². The molecular weight excluding hydrogens is 183 g/mol. The average molecular weight is 198 g/mol. The first-order valence-corrected chi connectivity index (χ1v) is 4.47. The fourth-order valence-corrected chi connectivity index (χ4v) is 1.24. The van der Waals surface area contributed by atoms with E-state index in [1.54, 1.807) is 6.07 Å². The minimum absolute atomic E-state index is 0.310. The van der Waals surface area contributed by atoms with Crippen LogP contribution in [0.2, 0.25) is 0 Å². The van der Waals surface area contributed by atoms with Crippen LogP contribution in [-0.2, 0) is 0 Å². The fraction of sp³-hybridized carbons (Fsp3) is 0.400. The van der Waals surface area contributed by atoms with E-state index in [1.165, 1.54) is 13.2 Å². The van der Waals surface area contributed by atoms with Gasteiger partial charge in [-0.25, -0.2) is 4.39 Å². The van der Waals surface area contributed by atoms with Crippen molar-refractivity contribution in [2.45, 2.75) is 6.92 Å². The molecule has 0 radical (unpaired) electrons. The van der Waals surface area contributed by atoms with Crippen LogP contribution in [0.5, 0.6) is 5.75 Å². The lowest BCUT2D eigenvalue weighted by molar-refractivity contribution is 0.413. The Morgan fingerprint density at radius 1 is 1.50 bits per heavy atom. The second-order valence-electron chi connectivity index (χ2n) is 3.04. The zero-order valence-electron chi connectivity index (χ0n) is 8.43. The van der Waals surface area contributed by atoms with Gasteiger partial charge in [0.1, 0.15) is 17.3 Å². The molecule has 0 aliphatic rings. The molecule has 0 aliphatic carbocycles. The van der Waals surface area contributed by atoms with Crippen molar-refractivity contribution in [1.29, 1.82) is 0 Å². The molecule has 14 heavy (non-hydrogen) atoms. The molecule has 1 rings (SSSR count). The number of nitrogens with one attached hydrogen (secondary N) is 1. The van der Waals surface area contributed by atoms with E-state index in [-0.39, 0.29) is 5.82 Å². The van der Waals surface area contributed by atoms with Gasteiger partial charge < -0.3 is 15.8 Å². The zero-order chi connectivity index (χ0) is 10.6. The largest absolute Gasteiger partial charge is 0.494 e. The van der Waals surface area contributed by atoms with E-state index in [4.69, 9.17) is 10.5 Å². The van der Waals surface area contributed by atoms with Crippen LogP contribution in [0.1, 0.15) is 5.56 Å². The van der Waals surface area contributed by atoms with Gasteiger partial charge in [0.05, 0.1) is 7.11 Å². The number of methoxy groups -OCH3 is 1. The first-order valence-electron chi connectivity index (χ1n) is 4.47. The molecule has 3 nitrogen and oxygen atoms in total. The van der Waals surface area contributed by atoms with E-state index in [9.17, 15) is 4.39 Å². The Morgan fingerprint density at radius 3 is 2.79 bits per heavy atom. The van der Waals surface area contributed by atoms with E-state index in [2.05, 4.69) is 5.32 Å². The molecule has 1 aromatic rings. The summed E-state index contributed by atoms with van der Waals surface area (Å²) in [6, 6.07) is 3.24. The number of nitrogens with two attached hydrogens (primary N) is 1. The predicted molar refractivity (Wildman–Crippen MR) is 55.2 cm³/mol. The highest BCUT2D eigenvalue weighted by Gasteiger charge is 2.09. The molecule has 4 heteroatoms. The van der Waals surface area contributed by atoms with Crippen LogP contribution in [0.15, 0.2) is 12.1 Å². The Kier molecular flexibility index (Phi) is 3.71. The van der Waals surface area contributed by atoms with E-state index in [0.717, 1.165) is 5.56 Å². The van der Waals surface area contributed by atoms with Crippen LogP contribution in [-0.4, -0.2) is 20.2 Å². The number of halogens is 1. The highest BCUT2D eigenvalue weighted by atomic mass is 19.1. The SMILES string of the molecule is COc1cc(C)cc(F)c1NCCN. The number of ether oxygens (including phenoxy) is 1. The van der Waals surface area contributed by atoms with Crippen LogP contribution in [0.4, 0.5) is 10.1 Å². The van der Waals surface area contributed by atoms with Crippen molar-refractivity contribution in [3.05, 3.63) is 23.5 Å². The van der Waals surface area contributed by atoms with Crippen LogP contribution < -0.4 is 15.8 Å². The monoisotopic (exact) mass is 198 g/mol. The molecule has 0 aromatic heterocycles. The Balaban J connectivity index is 2.99. The van der Waals surface area contributed by atoms with Crippen molar-refractivity contribution < 1.29 is 9.13 Å². The van der Waals surface area contributed by atoms with Crippen LogP contribution in [0.25, 0.3) is 0 Å². The minimum Gasteiger partial charge on any atom is -0.494 e. The van der Waals surface area contributed by atoms with Crippen molar-refractivity contribution in [1.82, 2.24) is 0 Å². The van der Waals surface area contributed by atoms with Gasteiger partial charge in [0.2, 0.25) is 0 Å². The summed E-state index contributed by atoms with van der Waals surface area (Å²) in [6.45, 7) is 2.80. The molecule has 0 atom stereocenters. The zero-order valence-corrected chi connectivity index (χ0v) is 8.43. The third-order valence-electron chi connectivity index (χ3n) is 1.86. The summed E-state index contributed by atoms with van der Waals surface area (Å²) in [7, 11) is 1.52. The standard InChI is InChI=1S/C10H15FN2O/c1-7-5-8(11)10(13-4-3-12)9(6-7)14-2/h5-6,13H,3-4,12H2,1-2H3. The van der Waals surface area contributed by atoms with E-state index >= 15 is 0 Å². The van der Waals surface area contributed by atoms with Crippen molar-refractivity contribution in [3.63, 3.8) is 0 Å². The number of rotatable bonds is 4. The first-order chi connectivity index (χ1) is 6.69. The molecular formula is C10H15FN2O. The maximum atomic E-state index is 13.4. The van der Waals surface area contributed by atoms with Gasteiger partial charge in [0.25, 0.3) is 0 Å². The smallest absolute Gasteiger partial charge is 0.150 e. The molecule has 0 fully saturated rings. The summed E-state index contributed by atoms with van der Waals surface area (Å²) in [5.74, 6) is 0.200.